The molecule has 0 bridgehead atoms. The fourth-order valence-corrected chi connectivity index (χ4v) is 1.36. The van der Waals surface area contributed by atoms with Crippen LogP contribution in [0, 0.1) is 0 Å². The highest BCUT2D eigenvalue weighted by atomic mass is 32.1. The number of aromatic nitrogens is 1. The zero-order valence-corrected chi connectivity index (χ0v) is 10.5. The van der Waals surface area contributed by atoms with Crippen LogP contribution in [0.4, 0.5) is 5.13 Å². The molecule has 9 heteroatoms. The summed E-state index contributed by atoms with van der Waals surface area (Å²) in [4.78, 5) is 30.6. The summed E-state index contributed by atoms with van der Waals surface area (Å²) in [5.74, 6) is -2.12. The van der Waals surface area contributed by atoms with Crippen molar-refractivity contribution in [2.75, 3.05) is 5.73 Å². The molecule has 1 aromatic heterocycles. The van der Waals surface area contributed by atoms with E-state index >= 15 is 0 Å². The van der Waals surface area contributed by atoms with Crippen LogP contribution in [0.25, 0.3) is 0 Å². The van der Waals surface area contributed by atoms with Crippen molar-refractivity contribution in [3.63, 3.8) is 0 Å². The number of nitrogen functional groups attached to an aromatic ring is 1. The van der Waals surface area contributed by atoms with Crippen LogP contribution in [-0.4, -0.2) is 33.3 Å². The van der Waals surface area contributed by atoms with Gasteiger partial charge in [-0.25, -0.2) is 9.78 Å². The van der Waals surface area contributed by atoms with E-state index in [0.717, 1.165) is 11.3 Å². The molecule has 98 valence electrons. The average Bonchev–Trinajstić information content (AvgIpc) is 2.64. The van der Waals surface area contributed by atoms with Crippen molar-refractivity contribution in [3.8, 4) is 0 Å². The van der Waals surface area contributed by atoms with Crippen LogP contribution in [0.5, 0.6) is 0 Å². The molecule has 1 heterocycles. The SMILES string of the molecule is CC(C)(O/N=C(/C(N)=O)c1csc(N)n1)C(=O)O. The van der Waals surface area contributed by atoms with Gasteiger partial charge >= 0.3 is 5.97 Å². The van der Waals surface area contributed by atoms with Gasteiger partial charge in [-0.1, -0.05) is 5.16 Å². The third-order valence-corrected chi connectivity index (χ3v) is 2.55. The van der Waals surface area contributed by atoms with Gasteiger partial charge in [0.05, 0.1) is 0 Å². The van der Waals surface area contributed by atoms with E-state index in [2.05, 4.69) is 10.1 Å². The molecule has 18 heavy (non-hydrogen) atoms. The monoisotopic (exact) mass is 272 g/mol. The largest absolute Gasteiger partial charge is 0.478 e. The van der Waals surface area contributed by atoms with Gasteiger partial charge in [0.25, 0.3) is 5.91 Å². The van der Waals surface area contributed by atoms with Crippen molar-refractivity contribution in [2.45, 2.75) is 19.4 Å². The van der Waals surface area contributed by atoms with Crippen LogP contribution >= 0.6 is 11.3 Å². The highest BCUT2D eigenvalue weighted by Crippen LogP contribution is 2.14. The molecule has 0 fully saturated rings. The van der Waals surface area contributed by atoms with E-state index in [1.807, 2.05) is 0 Å². The molecular weight excluding hydrogens is 260 g/mol. The number of aliphatic carboxylic acids is 1. The van der Waals surface area contributed by atoms with Crippen LogP contribution < -0.4 is 11.5 Å². The van der Waals surface area contributed by atoms with E-state index in [4.69, 9.17) is 21.4 Å². The van der Waals surface area contributed by atoms with Gasteiger partial charge in [0.1, 0.15) is 5.69 Å². The molecule has 5 N–H and O–H groups in total. The lowest BCUT2D eigenvalue weighted by molar-refractivity contribution is -0.161. The van der Waals surface area contributed by atoms with Gasteiger partial charge in [0.15, 0.2) is 10.8 Å². The third kappa shape index (κ3) is 3.17. The summed E-state index contributed by atoms with van der Waals surface area (Å²) in [7, 11) is 0. The smallest absolute Gasteiger partial charge is 0.350 e. The summed E-state index contributed by atoms with van der Waals surface area (Å²) in [6, 6.07) is 0. The van der Waals surface area contributed by atoms with Crippen molar-refractivity contribution in [1.82, 2.24) is 4.98 Å². The first-order chi connectivity index (χ1) is 8.24. The molecule has 0 aliphatic carbocycles. The minimum atomic E-state index is -1.58. The second-order valence-electron chi connectivity index (χ2n) is 3.78. The predicted octanol–water partition coefficient (Wildman–Crippen LogP) is -0.206. The Bertz CT molecular complexity index is 508. The number of rotatable bonds is 5. The second kappa shape index (κ2) is 5.00. The fraction of sp³-hybridized carbons (Fsp3) is 0.333. The number of carboxylic acids is 1. The lowest BCUT2D eigenvalue weighted by atomic mass is 10.1. The molecule has 1 amide bonds. The molecule has 0 aliphatic rings. The van der Waals surface area contributed by atoms with Crippen LogP contribution in [0.15, 0.2) is 10.5 Å². The molecule has 1 rings (SSSR count). The van der Waals surface area contributed by atoms with Gasteiger partial charge in [-0.05, 0) is 13.8 Å². The first kappa shape index (κ1) is 13.9. The normalized spacial score (nSPS) is 12.2. The van der Waals surface area contributed by atoms with Gasteiger partial charge in [-0.3, -0.25) is 4.79 Å². The highest BCUT2D eigenvalue weighted by Gasteiger charge is 2.30. The molecule has 0 aliphatic heterocycles. The molecule has 0 radical (unpaired) electrons. The van der Waals surface area contributed by atoms with Crippen molar-refractivity contribution in [3.05, 3.63) is 11.1 Å². The number of carboxylic acid groups (broad SMARTS) is 1. The summed E-state index contributed by atoms with van der Waals surface area (Å²) in [6.45, 7) is 2.57. The maximum atomic E-state index is 11.2. The van der Waals surface area contributed by atoms with Crippen LogP contribution in [0.2, 0.25) is 0 Å². The van der Waals surface area contributed by atoms with Crippen molar-refractivity contribution in [1.29, 1.82) is 0 Å². The van der Waals surface area contributed by atoms with Gasteiger partial charge in [0.2, 0.25) is 5.60 Å². The van der Waals surface area contributed by atoms with Crippen molar-refractivity contribution < 1.29 is 19.5 Å². The number of carbonyl (C=O) groups excluding carboxylic acids is 1. The number of amides is 1. The first-order valence-electron chi connectivity index (χ1n) is 4.75. The Balaban J connectivity index is 3.01. The Hall–Kier alpha value is -2.16. The van der Waals surface area contributed by atoms with Gasteiger partial charge in [-0.2, -0.15) is 0 Å². The zero-order chi connectivity index (χ0) is 13.9. The van der Waals surface area contributed by atoms with E-state index in [0.29, 0.717) is 0 Å². The fourth-order valence-electron chi connectivity index (χ4n) is 0.813. The highest BCUT2D eigenvalue weighted by molar-refractivity contribution is 7.13. The Morgan fingerprint density at radius 3 is 2.56 bits per heavy atom. The standard InChI is InChI=1S/C9H12N4O4S/c1-9(2,7(15)16)17-13-5(6(10)14)4-3-18-8(11)12-4/h3H,1-2H3,(H2,10,14)(H2,11,12)(H,15,16)/b13-5+. The minimum Gasteiger partial charge on any atom is -0.478 e. The molecule has 1 aromatic rings. The molecule has 8 nitrogen and oxygen atoms in total. The number of carbonyl (C=O) groups is 2. The number of hydrogen-bond acceptors (Lipinski definition) is 7. The van der Waals surface area contributed by atoms with E-state index in [-0.39, 0.29) is 16.5 Å². The van der Waals surface area contributed by atoms with Crippen LogP contribution in [0.3, 0.4) is 0 Å². The maximum Gasteiger partial charge on any atom is 0.350 e. The van der Waals surface area contributed by atoms with E-state index in [9.17, 15) is 9.59 Å². The number of nitrogens with two attached hydrogens (primary N) is 2. The predicted molar refractivity (Wildman–Crippen MR) is 65.1 cm³/mol. The van der Waals surface area contributed by atoms with Gasteiger partial charge < -0.3 is 21.4 Å². The topological polar surface area (TPSA) is 141 Å². The second-order valence-corrected chi connectivity index (χ2v) is 4.67. The number of oxime groups is 1. The van der Waals surface area contributed by atoms with Crippen LogP contribution in [-0.2, 0) is 14.4 Å². The third-order valence-electron chi connectivity index (χ3n) is 1.88. The number of primary amides is 1. The quantitative estimate of drug-likeness (QED) is 0.500. The molecular formula is C9H12N4O4S. The lowest BCUT2D eigenvalue weighted by Crippen LogP contribution is -2.34. The van der Waals surface area contributed by atoms with Gasteiger partial charge in [-0.15, -0.1) is 11.3 Å². The van der Waals surface area contributed by atoms with Crippen molar-refractivity contribution in [2.24, 2.45) is 10.9 Å². The Morgan fingerprint density at radius 2 is 2.17 bits per heavy atom. The molecule has 0 unspecified atom stereocenters. The summed E-state index contributed by atoms with van der Waals surface area (Å²) >= 11 is 1.10. The summed E-state index contributed by atoms with van der Waals surface area (Å²) in [5, 5.41) is 14.0. The molecule has 0 saturated carbocycles. The number of thiazole rings is 1. The van der Waals surface area contributed by atoms with Crippen LogP contribution in [0.1, 0.15) is 19.5 Å². The zero-order valence-electron chi connectivity index (χ0n) is 9.71. The summed E-state index contributed by atoms with van der Waals surface area (Å²) < 4.78 is 0. The Kier molecular flexibility index (Phi) is 3.86. The molecule has 0 spiro atoms. The van der Waals surface area contributed by atoms with E-state index < -0.39 is 17.5 Å². The summed E-state index contributed by atoms with van der Waals surface area (Å²) in [6.07, 6.45) is 0. The number of anilines is 1. The first-order valence-corrected chi connectivity index (χ1v) is 5.62. The van der Waals surface area contributed by atoms with Gasteiger partial charge in [0, 0.05) is 5.38 Å². The summed E-state index contributed by atoms with van der Waals surface area (Å²) in [5.41, 5.74) is 8.81. The van der Waals surface area contributed by atoms with Crippen molar-refractivity contribution >= 4 is 34.1 Å². The Labute approximate surface area is 106 Å². The Morgan fingerprint density at radius 1 is 1.56 bits per heavy atom. The molecule has 0 atom stereocenters. The average molecular weight is 272 g/mol. The van der Waals surface area contributed by atoms with E-state index in [1.165, 1.54) is 19.2 Å². The maximum absolute atomic E-state index is 11.2. The lowest BCUT2D eigenvalue weighted by Gasteiger charge is -2.16. The number of nitrogens with zero attached hydrogens (tertiary/aromatic N) is 2. The van der Waals surface area contributed by atoms with E-state index in [1.54, 1.807) is 0 Å². The minimum absolute atomic E-state index is 0.145. The molecule has 0 saturated heterocycles. The molecule has 0 aromatic carbocycles. The number of hydrogen-bond donors (Lipinski definition) is 3.